The van der Waals surface area contributed by atoms with E-state index in [-0.39, 0.29) is 19.3 Å². The molecule has 0 aliphatic carbocycles. The summed E-state index contributed by atoms with van der Waals surface area (Å²) < 4.78 is 10.6. The average Bonchev–Trinajstić information content (AvgIpc) is 3.15. The van der Waals surface area contributed by atoms with Crippen LogP contribution in [0.2, 0.25) is 0 Å². The Morgan fingerprint density at radius 2 is 1.61 bits per heavy atom. The predicted octanol–water partition coefficient (Wildman–Crippen LogP) is 3.50. The normalized spacial score (nSPS) is 14.3. The van der Waals surface area contributed by atoms with Crippen LogP contribution in [0, 0.1) is 0 Å². The molecular formula is C25H29NO7. The van der Waals surface area contributed by atoms with Crippen molar-refractivity contribution in [3.63, 3.8) is 0 Å². The van der Waals surface area contributed by atoms with Crippen molar-refractivity contribution in [3.8, 4) is 11.5 Å². The number of imide groups is 1. The van der Waals surface area contributed by atoms with Crippen molar-refractivity contribution in [1.82, 2.24) is 5.06 Å². The second-order valence-corrected chi connectivity index (χ2v) is 7.85. The molecule has 33 heavy (non-hydrogen) atoms. The lowest BCUT2D eigenvalue weighted by Gasteiger charge is -2.16. The van der Waals surface area contributed by atoms with E-state index in [9.17, 15) is 19.5 Å². The molecule has 8 heteroatoms. The van der Waals surface area contributed by atoms with Gasteiger partial charge in [0.2, 0.25) is 0 Å². The third-order valence-electron chi connectivity index (χ3n) is 5.58. The van der Waals surface area contributed by atoms with Gasteiger partial charge in [-0.05, 0) is 60.2 Å². The summed E-state index contributed by atoms with van der Waals surface area (Å²) in [6, 6.07) is 12.9. The number of nitrogens with zero attached hydrogens (tertiary/aromatic N) is 1. The van der Waals surface area contributed by atoms with Crippen LogP contribution in [0.3, 0.4) is 0 Å². The number of aryl methyl sites for hydroxylation is 1. The molecule has 3 rings (SSSR count). The van der Waals surface area contributed by atoms with Crippen LogP contribution < -0.4 is 9.47 Å². The van der Waals surface area contributed by atoms with E-state index in [0.717, 1.165) is 41.0 Å². The minimum absolute atomic E-state index is 0.0835. The van der Waals surface area contributed by atoms with E-state index in [0.29, 0.717) is 17.9 Å². The molecular weight excluding hydrogens is 426 g/mol. The molecule has 0 bridgehead atoms. The number of amides is 2. The van der Waals surface area contributed by atoms with E-state index in [2.05, 4.69) is 0 Å². The number of rotatable bonds is 11. The fraction of sp³-hybridized carbons (Fsp3) is 0.400. The zero-order valence-electron chi connectivity index (χ0n) is 18.9. The molecule has 8 nitrogen and oxygen atoms in total. The van der Waals surface area contributed by atoms with E-state index in [1.807, 2.05) is 42.5 Å². The fourth-order valence-electron chi connectivity index (χ4n) is 3.71. The van der Waals surface area contributed by atoms with Crippen molar-refractivity contribution in [1.29, 1.82) is 0 Å². The average molecular weight is 456 g/mol. The molecule has 1 N–H and O–H groups in total. The molecule has 0 radical (unpaired) electrons. The largest absolute Gasteiger partial charge is 0.497 e. The van der Waals surface area contributed by atoms with Crippen molar-refractivity contribution in [2.75, 3.05) is 14.2 Å². The van der Waals surface area contributed by atoms with Gasteiger partial charge in [0.1, 0.15) is 17.6 Å². The first-order valence-corrected chi connectivity index (χ1v) is 11.0. The molecule has 2 aromatic carbocycles. The standard InChI is InChI=1S/C25H29NO7/c1-31-20-11-8-17(9-12-20)25(30)19-10-13-21(32-2)18(16-19)6-4-3-5-7-24(29)33-26-22(27)14-15-23(26)28/h8-13,16,25,30H,3-7,14-15H2,1-2H3. The molecule has 2 aromatic rings. The first kappa shape index (κ1) is 24.3. The van der Waals surface area contributed by atoms with Crippen LogP contribution >= 0.6 is 0 Å². The van der Waals surface area contributed by atoms with Crippen LogP contribution in [0.4, 0.5) is 0 Å². The molecule has 1 aliphatic heterocycles. The monoisotopic (exact) mass is 455 g/mol. The summed E-state index contributed by atoms with van der Waals surface area (Å²) in [6.07, 6.45) is 2.37. The maximum absolute atomic E-state index is 11.9. The Morgan fingerprint density at radius 1 is 0.939 bits per heavy atom. The lowest BCUT2D eigenvalue weighted by Crippen LogP contribution is -2.31. The molecule has 0 spiro atoms. The Hall–Kier alpha value is -3.39. The summed E-state index contributed by atoms with van der Waals surface area (Å²) in [7, 11) is 3.20. The Kier molecular flexibility index (Phi) is 8.43. The van der Waals surface area contributed by atoms with E-state index >= 15 is 0 Å². The highest BCUT2D eigenvalue weighted by atomic mass is 16.7. The van der Waals surface area contributed by atoms with Gasteiger partial charge in [0.25, 0.3) is 11.8 Å². The van der Waals surface area contributed by atoms with Crippen LogP contribution in [-0.2, 0) is 25.6 Å². The number of benzene rings is 2. The number of aliphatic hydroxyl groups excluding tert-OH is 1. The maximum atomic E-state index is 11.9. The minimum Gasteiger partial charge on any atom is -0.497 e. The summed E-state index contributed by atoms with van der Waals surface area (Å²) in [6.45, 7) is 0. The SMILES string of the molecule is COc1ccc(C(O)c2ccc(OC)c(CCCCCC(=O)ON3C(=O)CCC3=O)c2)cc1. The van der Waals surface area contributed by atoms with Crippen molar-refractivity contribution < 1.29 is 33.8 Å². The number of hydrogen-bond acceptors (Lipinski definition) is 7. The number of carbonyl (C=O) groups excluding carboxylic acids is 3. The van der Waals surface area contributed by atoms with Gasteiger partial charge in [-0.15, -0.1) is 5.06 Å². The summed E-state index contributed by atoms with van der Waals surface area (Å²) >= 11 is 0. The summed E-state index contributed by atoms with van der Waals surface area (Å²) in [5.74, 6) is -0.0647. The Morgan fingerprint density at radius 3 is 2.24 bits per heavy atom. The summed E-state index contributed by atoms with van der Waals surface area (Å²) in [5.41, 5.74) is 2.50. The van der Waals surface area contributed by atoms with Gasteiger partial charge in [-0.2, -0.15) is 0 Å². The van der Waals surface area contributed by atoms with Gasteiger partial charge in [-0.25, -0.2) is 4.79 Å². The Labute approximate surface area is 193 Å². The van der Waals surface area contributed by atoms with Crippen LogP contribution in [-0.4, -0.2) is 42.2 Å². The topological polar surface area (TPSA) is 102 Å². The minimum atomic E-state index is -0.772. The van der Waals surface area contributed by atoms with Gasteiger partial charge in [0, 0.05) is 19.3 Å². The van der Waals surface area contributed by atoms with E-state index < -0.39 is 23.9 Å². The summed E-state index contributed by atoms with van der Waals surface area (Å²) in [4.78, 5) is 39.8. The number of ether oxygens (including phenoxy) is 2. The third kappa shape index (κ3) is 6.32. The van der Waals surface area contributed by atoms with Crippen molar-refractivity contribution >= 4 is 17.8 Å². The number of hydrogen-bond donors (Lipinski definition) is 1. The van der Waals surface area contributed by atoms with Gasteiger partial charge in [0.05, 0.1) is 14.2 Å². The summed E-state index contributed by atoms with van der Waals surface area (Å²) in [5, 5.41) is 11.4. The second-order valence-electron chi connectivity index (χ2n) is 7.85. The highest BCUT2D eigenvalue weighted by Crippen LogP contribution is 2.29. The first-order chi connectivity index (χ1) is 15.9. The van der Waals surface area contributed by atoms with Crippen LogP contribution in [0.1, 0.15) is 61.3 Å². The number of unbranched alkanes of at least 4 members (excludes halogenated alkanes) is 2. The highest BCUT2D eigenvalue weighted by molar-refractivity contribution is 6.01. The lowest BCUT2D eigenvalue weighted by atomic mass is 9.97. The Bertz CT molecular complexity index is 971. The predicted molar refractivity (Wildman–Crippen MR) is 119 cm³/mol. The molecule has 0 aromatic heterocycles. The first-order valence-electron chi connectivity index (χ1n) is 11.0. The molecule has 176 valence electrons. The third-order valence-corrected chi connectivity index (χ3v) is 5.58. The number of aliphatic hydroxyl groups is 1. The van der Waals surface area contributed by atoms with Gasteiger partial charge < -0.3 is 19.4 Å². The zero-order chi connectivity index (χ0) is 23.8. The second kappa shape index (κ2) is 11.5. The molecule has 0 saturated carbocycles. The number of carbonyl (C=O) groups is 3. The van der Waals surface area contributed by atoms with Gasteiger partial charge >= 0.3 is 5.97 Å². The lowest BCUT2D eigenvalue weighted by molar-refractivity contribution is -0.197. The molecule has 1 atom stereocenters. The smallest absolute Gasteiger partial charge is 0.333 e. The van der Waals surface area contributed by atoms with Crippen molar-refractivity contribution in [2.24, 2.45) is 0 Å². The van der Waals surface area contributed by atoms with Crippen LogP contribution in [0.5, 0.6) is 11.5 Å². The van der Waals surface area contributed by atoms with Crippen molar-refractivity contribution in [2.45, 2.75) is 51.0 Å². The van der Waals surface area contributed by atoms with Crippen LogP contribution in [0.15, 0.2) is 42.5 Å². The molecule has 2 amide bonds. The molecule has 1 fully saturated rings. The van der Waals surface area contributed by atoms with Gasteiger partial charge in [0.15, 0.2) is 0 Å². The molecule has 1 unspecified atom stereocenters. The van der Waals surface area contributed by atoms with Crippen LogP contribution in [0.25, 0.3) is 0 Å². The number of hydroxylamine groups is 2. The van der Waals surface area contributed by atoms with E-state index in [4.69, 9.17) is 14.3 Å². The van der Waals surface area contributed by atoms with E-state index in [1.54, 1.807) is 14.2 Å². The van der Waals surface area contributed by atoms with Gasteiger partial charge in [-0.1, -0.05) is 24.6 Å². The quantitative estimate of drug-likeness (QED) is 0.409. The molecule has 1 heterocycles. The zero-order valence-corrected chi connectivity index (χ0v) is 18.9. The molecule has 1 saturated heterocycles. The fourth-order valence-corrected chi connectivity index (χ4v) is 3.71. The number of methoxy groups -OCH3 is 2. The Balaban J connectivity index is 1.51. The van der Waals surface area contributed by atoms with Crippen molar-refractivity contribution in [3.05, 3.63) is 59.2 Å². The van der Waals surface area contributed by atoms with E-state index in [1.165, 1.54) is 0 Å². The molecule has 1 aliphatic rings. The highest BCUT2D eigenvalue weighted by Gasteiger charge is 2.32. The maximum Gasteiger partial charge on any atom is 0.333 e. The van der Waals surface area contributed by atoms with Gasteiger partial charge in [-0.3, -0.25) is 9.59 Å².